The summed E-state index contributed by atoms with van der Waals surface area (Å²) in [7, 11) is 5.58. The third-order valence-corrected chi connectivity index (χ3v) is 1.88. The van der Waals surface area contributed by atoms with Crippen molar-refractivity contribution in [1.82, 2.24) is 0 Å². The average Bonchev–Trinajstić information content (AvgIpc) is 1.88. The summed E-state index contributed by atoms with van der Waals surface area (Å²) >= 11 is 1.81. The Kier molecular flexibility index (Phi) is 2.88. The van der Waals surface area contributed by atoms with Crippen molar-refractivity contribution in [2.75, 3.05) is 6.26 Å². The van der Waals surface area contributed by atoms with Crippen LogP contribution in [0.3, 0.4) is 0 Å². The van der Waals surface area contributed by atoms with Crippen LogP contribution >= 0.6 is 11.8 Å². The maximum atomic E-state index is 5.58. The monoisotopic (exact) mass is 148 g/mol. The summed E-state index contributed by atoms with van der Waals surface area (Å²) < 4.78 is 0. The molecule has 0 fully saturated rings. The van der Waals surface area contributed by atoms with Gasteiger partial charge < -0.3 is 0 Å². The summed E-state index contributed by atoms with van der Waals surface area (Å²) in [6.45, 7) is 0. The van der Waals surface area contributed by atoms with Gasteiger partial charge in [0.2, 0.25) is 0 Å². The highest BCUT2D eigenvalue weighted by Crippen LogP contribution is 2.05. The highest BCUT2D eigenvalue weighted by atomic mass is 32.2. The van der Waals surface area contributed by atoms with Crippen LogP contribution in [0, 0.1) is 0 Å². The molecule has 2 heteroatoms. The Morgan fingerprint density at radius 1 is 1.50 bits per heavy atom. The van der Waals surface area contributed by atoms with Gasteiger partial charge in [0.1, 0.15) is 7.85 Å². The van der Waals surface area contributed by atoms with Crippen LogP contribution in [0.25, 0.3) is 0 Å². The summed E-state index contributed by atoms with van der Waals surface area (Å²) in [4.78, 5) is 0. The Hall–Kier alpha value is -0.365. The van der Waals surface area contributed by atoms with Gasteiger partial charge in [0.15, 0.2) is 0 Å². The lowest BCUT2D eigenvalue weighted by Gasteiger charge is -1.98. The molecule has 0 atom stereocenters. The molecule has 0 bridgehead atoms. The van der Waals surface area contributed by atoms with Crippen LogP contribution in [0.15, 0.2) is 24.3 Å². The van der Waals surface area contributed by atoms with Crippen LogP contribution in [0.2, 0.25) is 0 Å². The zero-order valence-electron chi connectivity index (χ0n) is 6.00. The molecule has 10 heavy (non-hydrogen) atoms. The Morgan fingerprint density at radius 3 is 2.90 bits per heavy atom. The third-order valence-electron chi connectivity index (χ3n) is 1.26. The van der Waals surface area contributed by atoms with E-state index in [1.807, 2.05) is 30.0 Å². The molecular formula is C8H9BS. The molecule has 1 aromatic rings. The molecule has 0 aliphatic carbocycles. The minimum Gasteiger partial charge on any atom is -0.161 e. The summed E-state index contributed by atoms with van der Waals surface area (Å²) in [5.41, 5.74) is 2.15. The predicted octanol–water partition coefficient (Wildman–Crippen LogP) is 1.34. The Balaban J connectivity index is 2.75. The van der Waals surface area contributed by atoms with E-state index in [1.54, 1.807) is 0 Å². The maximum Gasteiger partial charge on any atom is 0.113 e. The molecule has 0 nitrogen and oxygen atoms in total. The van der Waals surface area contributed by atoms with Gasteiger partial charge in [-0.25, -0.2) is 0 Å². The van der Waals surface area contributed by atoms with Crippen LogP contribution in [0.5, 0.6) is 0 Å². The van der Waals surface area contributed by atoms with Gasteiger partial charge >= 0.3 is 0 Å². The molecule has 50 valence electrons. The van der Waals surface area contributed by atoms with Crippen molar-refractivity contribution in [2.45, 2.75) is 5.75 Å². The van der Waals surface area contributed by atoms with Crippen molar-refractivity contribution in [2.24, 2.45) is 0 Å². The van der Waals surface area contributed by atoms with Crippen LogP contribution in [0.4, 0.5) is 0 Å². The van der Waals surface area contributed by atoms with E-state index in [4.69, 9.17) is 7.85 Å². The van der Waals surface area contributed by atoms with E-state index in [9.17, 15) is 0 Å². The SMILES string of the molecule is [B]c1cccc(CSC)c1. The molecule has 0 unspecified atom stereocenters. The lowest BCUT2D eigenvalue weighted by atomic mass is 9.95. The molecule has 0 N–H and O–H groups in total. The van der Waals surface area contributed by atoms with E-state index in [1.165, 1.54) is 5.56 Å². The fraction of sp³-hybridized carbons (Fsp3) is 0.250. The number of rotatable bonds is 2. The second kappa shape index (κ2) is 3.72. The lowest BCUT2D eigenvalue weighted by Crippen LogP contribution is -2.01. The van der Waals surface area contributed by atoms with Gasteiger partial charge in [-0.15, -0.1) is 0 Å². The number of hydrogen-bond donors (Lipinski definition) is 0. The molecule has 0 aliphatic rings. The van der Waals surface area contributed by atoms with Crippen molar-refractivity contribution in [3.63, 3.8) is 0 Å². The largest absolute Gasteiger partial charge is 0.161 e. The first-order valence-electron chi connectivity index (χ1n) is 3.16. The van der Waals surface area contributed by atoms with Crippen LogP contribution in [-0.4, -0.2) is 14.1 Å². The molecule has 1 aromatic carbocycles. The molecule has 1 rings (SSSR count). The van der Waals surface area contributed by atoms with Gasteiger partial charge in [0, 0.05) is 5.75 Å². The minimum absolute atomic E-state index is 0.853. The predicted molar refractivity (Wildman–Crippen MR) is 49.0 cm³/mol. The van der Waals surface area contributed by atoms with E-state index in [-0.39, 0.29) is 0 Å². The average molecular weight is 148 g/mol. The standard InChI is InChI=1S/C8H9BS/c1-10-6-7-3-2-4-8(9)5-7/h2-5H,6H2,1H3. The Bertz CT molecular complexity index is 210. The van der Waals surface area contributed by atoms with E-state index < -0.39 is 0 Å². The molecule has 0 heterocycles. The zero-order valence-corrected chi connectivity index (χ0v) is 6.82. The van der Waals surface area contributed by atoms with Gasteiger partial charge in [-0.2, -0.15) is 11.8 Å². The second-order valence-corrected chi connectivity index (χ2v) is 3.04. The molecule has 0 saturated heterocycles. The van der Waals surface area contributed by atoms with Crippen LogP contribution < -0.4 is 5.46 Å². The normalized spacial score (nSPS) is 9.70. The highest BCUT2D eigenvalue weighted by Gasteiger charge is 1.88. The van der Waals surface area contributed by atoms with Crippen LogP contribution in [0.1, 0.15) is 5.56 Å². The quantitative estimate of drug-likeness (QED) is 0.570. The minimum atomic E-state index is 0.853. The fourth-order valence-corrected chi connectivity index (χ4v) is 1.36. The third kappa shape index (κ3) is 2.11. The summed E-state index contributed by atoms with van der Waals surface area (Å²) in [6.07, 6.45) is 2.09. The fourth-order valence-electron chi connectivity index (χ4n) is 0.850. The van der Waals surface area contributed by atoms with Crippen molar-refractivity contribution in [1.29, 1.82) is 0 Å². The molecule has 0 saturated carbocycles. The zero-order chi connectivity index (χ0) is 7.40. The first-order valence-corrected chi connectivity index (χ1v) is 4.55. The highest BCUT2D eigenvalue weighted by molar-refractivity contribution is 7.97. The number of thioether (sulfide) groups is 1. The molecular weight excluding hydrogens is 139 g/mol. The first-order chi connectivity index (χ1) is 4.83. The van der Waals surface area contributed by atoms with Crippen molar-refractivity contribution < 1.29 is 0 Å². The van der Waals surface area contributed by atoms with Gasteiger partial charge in [-0.3, -0.25) is 0 Å². The van der Waals surface area contributed by atoms with Gasteiger partial charge in [0.05, 0.1) is 0 Å². The number of hydrogen-bond acceptors (Lipinski definition) is 1. The molecule has 0 amide bonds. The van der Waals surface area contributed by atoms with Gasteiger partial charge in [0.25, 0.3) is 0 Å². The molecule has 0 aliphatic heterocycles. The van der Waals surface area contributed by atoms with E-state index in [0.29, 0.717) is 0 Å². The molecule has 0 aromatic heterocycles. The Morgan fingerprint density at radius 2 is 2.30 bits per heavy atom. The van der Waals surface area contributed by atoms with Gasteiger partial charge in [-0.05, 0) is 11.8 Å². The summed E-state index contributed by atoms with van der Waals surface area (Å²) in [6, 6.07) is 7.99. The second-order valence-electron chi connectivity index (χ2n) is 2.18. The van der Waals surface area contributed by atoms with Crippen molar-refractivity contribution in [3.05, 3.63) is 29.8 Å². The smallest absolute Gasteiger partial charge is 0.113 e. The maximum absolute atomic E-state index is 5.58. The van der Waals surface area contributed by atoms with Crippen molar-refractivity contribution in [3.8, 4) is 0 Å². The topological polar surface area (TPSA) is 0 Å². The van der Waals surface area contributed by atoms with E-state index >= 15 is 0 Å². The summed E-state index contributed by atoms with van der Waals surface area (Å²) in [5, 5.41) is 0. The first kappa shape index (κ1) is 7.74. The summed E-state index contributed by atoms with van der Waals surface area (Å²) in [5.74, 6) is 1.05. The number of benzene rings is 1. The van der Waals surface area contributed by atoms with Crippen LogP contribution in [-0.2, 0) is 5.75 Å². The lowest BCUT2D eigenvalue weighted by molar-refractivity contribution is 1.44. The van der Waals surface area contributed by atoms with Crippen molar-refractivity contribution >= 4 is 25.1 Å². The van der Waals surface area contributed by atoms with Gasteiger partial charge in [-0.1, -0.05) is 29.7 Å². The van der Waals surface area contributed by atoms with E-state index in [0.717, 1.165) is 11.2 Å². The van der Waals surface area contributed by atoms with E-state index in [2.05, 4.69) is 12.3 Å². The molecule has 2 radical (unpaired) electrons. The molecule has 0 spiro atoms. The Labute approximate surface area is 67.4 Å².